The average Bonchev–Trinajstić information content (AvgIpc) is 3.58. The Bertz CT molecular complexity index is 1250. The van der Waals surface area contributed by atoms with E-state index in [-0.39, 0.29) is 24.2 Å². The average molecular weight is 493 g/mol. The van der Waals surface area contributed by atoms with Crippen molar-refractivity contribution in [1.82, 2.24) is 30.3 Å². The third-order valence-electron chi connectivity index (χ3n) is 6.43. The number of aromatic nitrogens is 3. The van der Waals surface area contributed by atoms with Crippen LogP contribution in [-0.2, 0) is 11.2 Å². The van der Waals surface area contributed by atoms with Gasteiger partial charge in [-0.3, -0.25) is 19.6 Å². The van der Waals surface area contributed by atoms with Crippen LogP contribution in [0.1, 0.15) is 27.5 Å². The van der Waals surface area contributed by atoms with Crippen molar-refractivity contribution >= 4 is 35.1 Å². The van der Waals surface area contributed by atoms with Crippen molar-refractivity contribution in [3.63, 3.8) is 0 Å². The second kappa shape index (κ2) is 11.2. The first-order valence-corrected chi connectivity index (χ1v) is 11.6. The van der Waals surface area contributed by atoms with Crippen LogP contribution in [0.15, 0.2) is 73.2 Å². The molecule has 35 heavy (non-hydrogen) atoms. The summed E-state index contributed by atoms with van der Waals surface area (Å²) in [6, 6.07) is 16.2. The maximum absolute atomic E-state index is 13.6. The molecule has 1 aliphatic heterocycles. The molecule has 0 bridgehead atoms. The van der Waals surface area contributed by atoms with E-state index in [4.69, 9.17) is 0 Å². The molecule has 182 valence electrons. The van der Waals surface area contributed by atoms with E-state index in [1.807, 2.05) is 72.0 Å². The lowest BCUT2D eigenvalue weighted by molar-refractivity contribution is -0.135. The molecule has 0 aliphatic carbocycles. The van der Waals surface area contributed by atoms with Crippen LogP contribution in [0, 0.1) is 0 Å². The summed E-state index contributed by atoms with van der Waals surface area (Å²) < 4.78 is 0. The largest absolute Gasteiger partial charge is 0.361 e. The summed E-state index contributed by atoms with van der Waals surface area (Å²) >= 11 is 0. The van der Waals surface area contributed by atoms with Crippen molar-refractivity contribution < 1.29 is 9.59 Å². The van der Waals surface area contributed by atoms with E-state index in [2.05, 4.69) is 25.4 Å². The highest BCUT2D eigenvalue weighted by molar-refractivity contribution is 6.00. The van der Waals surface area contributed by atoms with Gasteiger partial charge in [0, 0.05) is 56.2 Å². The number of halogens is 1. The zero-order chi connectivity index (χ0) is 23.3. The van der Waals surface area contributed by atoms with Gasteiger partial charge in [-0.2, -0.15) is 5.10 Å². The van der Waals surface area contributed by atoms with Gasteiger partial charge in [0.25, 0.3) is 5.91 Å². The lowest BCUT2D eigenvalue weighted by Gasteiger charge is -2.36. The number of carbonyl (C=O) groups is 2. The quantitative estimate of drug-likeness (QED) is 0.369. The summed E-state index contributed by atoms with van der Waals surface area (Å²) in [6.07, 6.45) is 6.54. The number of fused-ring (bicyclic) bond motifs is 1. The molecule has 3 N–H and O–H groups in total. The third-order valence-corrected chi connectivity index (χ3v) is 6.43. The Morgan fingerprint density at radius 1 is 1.03 bits per heavy atom. The van der Waals surface area contributed by atoms with E-state index >= 15 is 0 Å². The van der Waals surface area contributed by atoms with Crippen molar-refractivity contribution in [2.45, 2.75) is 12.5 Å². The van der Waals surface area contributed by atoms with Gasteiger partial charge in [-0.05, 0) is 41.1 Å². The number of nitrogens with zero attached hydrogens (tertiary/aromatic N) is 3. The van der Waals surface area contributed by atoms with Gasteiger partial charge in [0.1, 0.15) is 6.04 Å². The Kier molecular flexibility index (Phi) is 7.84. The number of rotatable bonds is 7. The molecule has 1 fully saturated rings. The second-order valence-electron chi connectivity index (χ2n) is 8.62. The van der Waals surface area contributed by atoms with Crippen molar-refractivity contribution in [2.24, 2.45) is 0 Å². The summed E-state index contributed by atoms with van der Waals surface area (Å²) in [5.74, 6) is -0.340. The van der Waals surface area contributed by atoms with Crippen molar-refractivity contribution in [3.8, 4) is 0 Å². The Labute approximate surface area is 210 Å². The molecule has 1 aliphatic rings. The van der Waals surface area contributed by atoms with E-state index in [0.29, 0.717) is 18.7 Å². The van der Waals surface area contributed by atoms with Crippen molar-refractivity contribution in [1.29, 1.82) is 0 Å². The minimum absolute atomic E-state index is 0. The molecule has 4 aromatic rings. The zero-order valence-electron chi connectivity index (χ0n) is 19.3. The van der Waals surface area contributed by atoms with Gasteiger partial charge < -0.3 is 15.2 Å². The molecule has 8 nitrogen and oxygen atoms in total. The van der Waals surface area contributed by atoms with E-state index in [9.17, 15) is 9.59 Å². The Morgan fingerprint density at radius 3 is 2.57 bits per heavy atom. The summed E-state index contributed by atoms with van der Waals surface area (Å²) in [6.45, 7) is 3.82. The number of hydrogen-bond donors (Lipinski definition) is 3. The Balaban J connectivity index is 0.00000289. The Hall–Kier alpha value is -3.62. The molecule has 0 spiro atoms. The van der Waals surface area contributed by atoms with E-state index < -0.39 is 6.04 Å². The molecule has 0 radical (unpaired) electrons. The maximum atomic E-state index is 13.6. The monoisotopic (exact) mass is 492 g/mol. The van der Waals surface area contributed by atoms with Crippen LogP contribution in [0.5, 0.6) is 0 Å². The van der Waals surface area contributed by atoms with Gasteiger partial charge in [0.05, 0.1) is 6.20 Å². The van der Waals surface area contributed by atoms with E-state index in [0.717, 1.165) is 42.5 Å². The molecule has 1 atom stereocenters. The molecule has 2 amide bonds. The first-order valence-electron chi connectivity index (χ1n) is 11.6. The number of benzene rings is 2. The van der Waals surface area contributed by atoms with Crippen LogP contribution >= 0.6 is 12.4 Å². The van der Waals surface area contributed by atoms with Crippen molar-refractivity contribution in [2.75, 3.05) is 32.7 Å². The molecule has 2 aromatic carbocycles. The first kappa shape index (κ1) is 24.5. The van der Waals surface area contributed by atoms with Gasteiger partial charge in [0.2, 0.25) is 5.91 Å². The zero-order valence-corrected chi connectivity index (χ0v) is 20.1. The van der Waals surface area contributed by atoms with E-state index in [1.54, 1.807) is 6.07 Å². The highest BCUT2D eigenvalue weighted by Crippen LogP contribution is 2.20. The van der Waals surface area contributed by atoms with Gasteiger partial charge in [0.15, 0.2) is 0 Å². The van der Waals surface area contributed by atoms with Gasteiger partial charge >= 0.3 is 0 Å². The third kappa shape index (κ3) is 5.72. The second-order valence-corrected chi connectivity index (χ2v) is 8.62. The minimum atomic E-state index is -0.731. The SMILES string of the molecule is Cl.O=C(N[C@@H](C(=O)N1CCN(CCc2cn[nH]c2)CC1)c1ccccc1)c1ccc2cc[nH]c2c1. The summed E-state index contributed by atoms with van der Waals surface area (Å²) in [5.41, 5.74) is 3.38. The summed E-state index contributed by atoms with van der Waals surface area (Å²) in [7, 11) is 0. The van der Waals surface area contributed by atoms with Gasteiger partial charge in [-0.15, -0.1) is 12.4 Å². The van der Waals surface area contributed by atoms with E-state index in [1.165, 1.54) is 5.56 Å². The van der Waals surface area contributed by atoms with Crippen LogP contribution < -0.4 is 5.32 Å². The lowest BCUT2D eigenvalue weighted by Crippen LogP contribution is -2.52. The molecule has 0 unspecified atom stereocenters. The molecule has 0 saturated carbocycles. The summed E-state index contributed by atoms with van der Waals surface area (Å²) in [4.78, 5) is 34.0. The highest BCUT2D eigenvalue weighted by Gasteiger charge is 2.30. The molecule has 3 heterocycles. The number of piperazine rings is 1. The Morgan fingerprint density at radius 2 is 1.83 bits per heavy atom. The molecule has 9 heteroatoms. The molecular weight excluding hydrogens is 464 g/mol. The fourth-order valence-electron chi connectivity index (χ4n) is 4.41. The summed E-state index contributed by atoms with van der Waals surface area (Å²) in [5, 5.41) is 10.9. The van der Waals surface area contributed by atoms with Crippen LogP contribution in [0.3, 0.4) is 0 Å². The highest BCUT2D eigenvalue weighted by atomic mass is 35.5. The van der Waals surface area contributed by atoms with Gasteiger partial charge in [-0.25, -0.2) is 0 Å². The lowest BCUT2D eigenvalue weighted by atomic mass is 10.0. The predicted octanol–water partition coefficient (Wildman–Crippen LogP) is 3.17. The number of nitrogens with one attached hydrogen (secondary N) is 3. The number of carbonyl (C=O) groups excluding carboxylic acids is 2. The van der Waals surface area contributed by atoms with Crippen molar-refractivity contribution in [3.05, 3.63) is 89.9 Å². The van der Waals surface area contributed by atoms with Crippen LogP contribution in [0.4, 0.5) is 0 Å². The number of H-pyrrole nitrogens is 2. The maximum Gasteiger partial charge on any atom is 0.252 e. The normalized spacial score (nSPS) is 14.9. The number of amides is 2. The molecule has 5 rings (SSSR count). The number of hydrogen-bond acceptors (Lipinski definition) is 4. The smallest absolute Gasteiger partial charge is 0.252 e. The molecule has 1 saturated heterocycles. The van der Waals surface area contributed by atoms with Gasteiger partial charge in [-0.1, -0.05) is 36.4 Å². The van der Waals surface area contributed by atoms with Crippen LogP contribution in [-0.4, -0.2) is 69.5 Å². The van der Waals surface area contributed by atoms with Crippen LogP contribution in [0.25, 0.3) is 10.9 Å². The molecular formula is C26H29ClN6O2. The minimum Gasteiger partial charge on any atom is -0.361 e. The first-order chi connectivity index (χ1) is 16.7. The molecule has 2 aromatic heterocycles. The standard InChI is InChI=1S/C26H28N6O2.ClH/c33-25(22-7-6-20-8-10-27-23(20)16-22)30-24(21-4-2-1-3-5-21)26(34)32-14-12-31(13-15-32)11-9-19-17-28-29-18-19;/h1-8,10,16-18,24,27H,9,11-15H2,(H,28,29)(H,30,33);1H/t24-;/m1./s1. The number of aromatic amines is 2. The van der Waals surface area contributed by atoms with Crippen LogP contribution in [0.2, 0.25) is 0 Å². The topological polar surface area (TPSA) is 97.1 Å². The fourth-order valence-corrected chi connectivity index (χ4v) is 4.41. The predicted molar refractivity (Wildman–Crippen MR) is 138 cm³/mol. The fraction of sp³-hybridized carbons (Fsp3) is 0.269.